The highest BCUT2D eigenvalue weighted by molar-refractivity contribution is 5.85. The SMILES string of the molecule is CC(C)CCCCCCCCCCCCCC(N=NC(CCCCCCCCCCCCCC(C)C)C(=O)O)C(=O)O.Cl. The van der Waals surface area contributed by atoms with Crippen LogP contribution in [0.15, 0.2) is 10.2 Å². The van der Waals surface area contributed by atoms with Crippen molar-refractivity contribution in [3.05, 3.63) is 0 Å². The minimum atomic E-state index is -1.01. The minimum absolute atomic E-state index is 0. The summed E-state index contributed by atoms with van der Waals surface area (Å²) >= 11 is 0. The van der Waals surface area contributed by atoms with Crippen LogP contribution in [0, 0.1) is 11.8 Å². The summed E-state index contributed by atoms with van der Waals surface area (Å²) in [6, 6.07) is -1.87. The summed E-state index contributed by atoms with van der Waals surface area (Å²) < 4.78 is 0. The van der Waals surface area contributed by atoms with E-state index >= 15 is 0 Å². The molecule has 0 spiro atoms. The number of rotatable bonds is 32. The summed E-state index contributed by atoms with van der Waals surface area (Å²) in [6.07, 6.45) is 30.4. The largest absolute Gasteiger partial charge is 0.480 e. The molecule has 2 N–H and O–H groups in total. The van der Waals surface area contributed by atoms with E-state index in [9.17, 15) is 19.8 Å². The molecule has 0 bridgehead atoms. The number of carboxylic acids is 2. The summed E-state index contributed by atoms with van der Waals surface area (Å²) in [7, 11) is 0. The number of azo groups is 1. The predicted molar refractivity (Wildman–Crippen MR) is 185 cm³/mol. The first-order valence-electron chi connectivity index (χ1n) is 18.1. The van der Waals surface area contributed by atoms with Gasteiger partial charge in [-0.25, -0.2) is 9.59 Å². The lowest BCUT2D eigenvalue weighted by molar-refractivity contribution is -0.140. The molecular formula is C36H71ClN2O4. The summed E-state index contributed by atoms with van der Waals surface area (Å²) in [5, 5.41) is 27.0. The Morgan fingerprint density at radius 1 is 0.395 bits per heavy atom. The number of halogens is 1. The summed E-state index contributed by atoms with van der Waals surface area (Å²) in [5.74, 6) is -0.369. The third-order valence-electron chi connectivity index (χ3n) is 8.43. The Morgan fingerprint density at radius 2 is 0.581 bits per heavy atom. The molecule has 0 heterocycles. The Balaban J connectivity index is 0. The summed E-state index contributed by atoms with van der Waals surface area (Å²) in [5.41, 5.74) is 0. The van der Waals surface area contributed by atoms with Gasteiger partial charge in [0.05, 0.1) is 0 Å². The Bertz CT molecular complexity index is 603. The minimum Gasteiger partial charge on any atom is -0.480 e. The molecule has 43 heavy (non-hydrogen) atoms. The van der Waals surface area contributed by atoms with Crippen molar-refractivity contribution in [1.82, 2.24) is 0 Å². The quantitative estimate of drug-likeness (QED) is 0.0570. The van der Waals surface area contributed by atoms with E-state index in [1.807, 2.05) is 0 Å². The Morgan fingerprint density at radius 3 is 0.767 bits per heavy atom. The lowest BCUT2D eigenvalue weighted by Crippen LogP contribution is -2.21. The van der Waals surface area contributed by atoms with Crippen molar-refractivity contribution >= 4 is 24.3 Å². The van der Waals surface area contributed by atoms with Crippen molar-refractivity contribution in [2.75, 3.05) is 0 Å². The van der Waals surface area contributed by atoms with Crippen LogP contribution in [-0.2, 0) is 9.59 Å². The first-order valence-corrected chi connectivity index (χ1v) is 18.1. The van der Waals surface area contributed by atoms with Crippen LogP contribution in [0.4, 0.5) is 0 Å². The Labute approximate surface area is 272 Å². The van der Waals surface area contributed by atoms with Gasteiger partial charge in [0.15, 0.2) is 12.1 Å². The molecule has 7 heteroatoms. The molecule has 0 amide bonds. The van der Waals surface area contributed by atoms with Crippen molar-refractivity contribution < 1.29 is 19.8 Å². The van der Waals surface area contributed by atoms with Crippen LogP contribution in [0.5, 0.6) is 0 Å². The fourth-order valence-corrected chi connectivity index (χ4v) is 5.58. The number of nitrogens with zero attached hydrogens (tertiary/aromatic N) is 2. The molecule has 6 nitrogen and oxygen atoms in total. The van der Waals surface area contributed by atoms with E-state index in [4.69, 9.17) is 0 Å². The number of hydrogen-bond donors (Lipinski definition) is 2. The zero-order valence-electron chi connectivity index (χ0n) is 28.7. The second kappa shape index (κ2) is 32.2. The second-order valence-electron chi connectivity index (χ2n) is 13.7. The maximum absolute atomic E-state index is 11.6. The highest BCUT2D eigenvalue weighted by Gasteiger charge is 2.20. The van der Waals surface area contributed by atoms with E-state index in [-0.39, 0.29) is 12.4 Å². The molecular weight excluding hydrogens is 560 g/mol. The topological polar surface area (TPSA) is 99.3 Å². The molecule has 0 aromatic rings. The fraction of sp³-hybridized carbons (Fsp3) is 0.944. The second-order valence-corrected chi connectivity index (χ2v) is 13.7. The average Bonchev–Trinajstić information content (AvgIpc) is 2.93. The zero-order chi connectivity index (χ0) is 31.3. The normalized spacial score (nSPS) is 13.1. The number of carboxylic acid groups (broad SMARTS) is 2. The Kier molecular flexibility index (Phi) is 32.9. The molecule has 256 valence electrons. The van der Waals surface area contributed by atoms with Crippen molar-refractivity contribution in [2.45, 2.75) is 207 Å². The van der Waals surface area contributed by atoms with E-state index in [0.717, 1.165) is 50.4 Å². The van der Waals surface area contributed by atoms with Gasteiger partial charge in [-0.1, -0.05) is 182 Å². The van der Waals surface area contributed by atoms with Crippen molar-refractivity contribution in [1.29, 1.82) is 0 Å². The highest BCUT2D eigenvalue weighted by Crippen LogP contribution is 2.17. The van der Waals surface area contributed by atoms with Crippen molar-refractivity contribution in [3.63, 3.8) is 0 Å². The molecule has 0 aromatic carbocycles. The van der Waals surface area contributed by atoms with E-state index in [1.165, 1.54) is 116 Å². The molecule has 2 atom stereocenters. The molecule has 0 aromatic heterocycles. The van der Waals surface area contributed by atoms with Gasteiger partial charge < -0.3 is 10.2 Å². The van der Waals surface area contributed by atoms with Crippen LogP contribution in [0.3, 0.4) is 0 Å². The van der Waals surface area contributed by atoms with Gasteiger partial charge >= 0.3 is 11.9 Å². The van der Waals surface area contributed by atoms with Crippen LogP contribution in [0.1, 0.15) is 195 Å². The number of hydrogen-bond acceptors (Lipinski definition) is 4. The van der Waals surface area contributed by atoms with Crippen LogP contribution >= 0.6 is 12.4 Å². The van der Waals surface area contributed by atoms with Crippen molar-refractivity contribution in [2.24, 2.45) is 22.1 Å². The van der Waals surface area contributed by atoms with Crippen LogP contribution in [0.2, 0.25) is 0 Å². The van der Waals surface area contributed by atoms with Crippen molar-refractivity contribution in [3.8, 4) is 0 Å². The van der Waals surface area contributed by atoms with E-state index < -0.39 is 24.0 Å². The first-order chi connectivity index (χ1) is 20.2. The fourth-order valence-electron chi connectivity index (χ4n) is 5.58. The van der Waals surface area contributed by atoms with Gasteiger partial charge in [-0.3, -0.25) is 0 Å². The highest BCUT2D eigenvalue weighted by atomic mass is 35.5. The third-order valence-corrected chi connectivity index (χ3v) is 8.43. The van der Waals surface area contributed by atoms with Gasteiger partial charge in [0.25, 0.3) is 0 Å². The van der Waals surface area contributed by atoms with Gasteiger partial charge in [0.2, 0.25) is 0 Å². The van der Waals surface area contributed by atoms with Gasteiger partial charge in [-0.05, 0) is 24.7 Å². The molecule has 0 fully saturated rings. The average molecular weight is 631 g/mol. The Hall–Kier alpha value is -1.17. The zero-order valence-corrected chi connectivity index (χ0v) is 29.5. The summed E-state index contributed by atoms with van der Waals surface area (Å²) in [6.45, 7) is 9.18. The molecule has 0 aliphatic heterocycles. The lowest BCUT2D eigenvalue weighted by atomic mass is 10.0. The lowest BCUT2D eigenvalue weighted by Gasteiger charge is -2.10. The van der Waals surface area contributed by atoms with Gasteiger partial charge in [0.1, 0.15) is 0 Å². The van der Waals surface area contributed by atoms with Gasteiger partial charge in [-0.2, -0.15) is 10.2 Å². The molecule has 0 radical (unpaired) electrons. The predicted octanol–water partition coefficient (Wildman–Crippen LogP) is 12.2. The van der Waals surface area contributed by atoms with E-state index in [2.05, 4.69) is 37.9 Å². The van der Waals surface area contributed by atoms with E-state index in [1.54, 1.807) is 0 Å². The molecule has 2 unspecified atom stereocenters. The third kappa shape index (κ3) is 32.0. The number of carbonyl (C=O) groups is 2. The van der Waals surface area contributed by atoms with Gasteiger partial charge in [0, 0.05) is 0 Å². The smallest absolute Gasteiger partial charge is 0.330 e. The molecule has 0 rings (SSSR count). The van der Waals surface area contributed by atoms with Crippen LogP contribution < -0.4 is 0 Å². The van der Waals surface area contributed by atoms with Crippen LogP contribution in [0.25, 0.3) is 0 Å². The van der Waals surface area contributed by atoms with E-state index in [0.29, 0.717) is 12.8 Å². The maximum Gasteiger partial charge on any atom is 0.330 e. The molecule has 0 aliphatic carbocycles. The number of aliphatic carboxylic acids is 2. The molecule has 0 aliphatic rings. The number of unbranched alkanes of at least 4 members (excludes halogenated alkanes) is 20. The monoisotopic (exact) mass is 631 g/mol. The standard InChI is InChI=1S/C36H70N2O4.ClH/c1-31(2)27-23-19-15-11-7-5-9-13-17-21-25-29-33(35(39)40)37-38-34(36(41)42)30-26-22-18-14-10-6-8-12-16-20-24-28-32(3)4;/h31-34H,5-30H2,1-4H3,(H,39,40)(H,41,42);1H. The molecule has 0 saturated heterocycles. The summed E-state index contributed by atoms with van der Waals surface area (Å²) in [4.78, 5) is 23.3. The van der Waals surface area contributed by atoms with Crippen LogP contribution in [-0.4, -0.2) is 34.2 Å². The molecule has 0 saturated carbocycles. The van der Waals surface area contributed by atoms with Gasteiger partial charge in [-0.15, -0.1) is 12.4 Å². The maximum atomic E-state index is 11.6. The first kappa shape index (κ1) is 44.0.